The number of anilines is 1. The van der Waals surface area contributed by atoms with Gasteiger partial charge in [-0.1, -0.05) is 24.3 Å². The first-order chi connectivity index (χ1) is 19.8. The zero-order valence-electron chi connectivity index (χ0n) is 23.6. The smallest absolute Gasteiger partial charge is 0.256 e. The van der Waals surface area contributed by atoms with E-state index >= 15 is 4.39 Å². The summed E-state index contributed by atoms with van der Waals surface area (Å²) < 4.78 is 29.3. The fourth-order valence-electron chi connectivity index (χ4n) is 5.89. The third-order valence-corrected chi connectivity index (χ3v) is 8.03. The minimum absolute atomic E-state index is 0.0327. The number of nitrogens with one attached hydrogen (secondary N) is 2. The minimum Gasteiger partial charge on any atom is -0.451 e. The number of rotatable bonds is 9. The van der Waals surface area contributed by atoms with E-state index in [0.29, 0.717) is 42.7 Å². The highest BCUT2D eigenvalue weighted by molar-refractivity contribution is 6.02. The molecule has 3 aromatic carbocycles. The highest BCUT2D eigenvalue weighted by Crippen LogP contribution is 2.46. The maximum Gasteiger partial charge on any atom is 0.256 e. The summed E-state index contributed by atoms with van der Waals surface area (Å²) in [5.41, 5.74) is 0.665. The normalized spacial score (nSPS) is 16.3. The quantitative estimate of drug-likeness (QED) is 0.235. The van der Waals surface area contributed by atoms with Gasteiger partial charge in [-0.2, -0.15) is 0 Å². The molecule has 214 valence electrons. The number of carbonyl (C=O) groups is 1. The average molecular weight is 559 g/mol. The first kappa shape index (κ1) is 27.2. The molecule has 0 aliphatic carbocycles. The van der Waals surface area contributed by atoms with Gasteiger partial charge in [-0.05, 0) is 75.7 Å². The van der Waals surface area contributed by atoms with Crippen molar-refractivity contribution in [3.8, 4) is 17.2 Å². The van der Waals surface area contributed by atoms with E-state index < -0.39 is 17.2 Å². The summed E-state index contributed by atoms with van der Waals surface area (Å²) in [6, 6.07) is 13.3. The Hall–Kier alpha value is -3.95. The van der Waals surface area contributed by atoms with E-state index in [0.717, 1.165) is 36.6 Å². The molecule has 0 radical (unpaired) electrons. The summed E-state index contributed by atoms with van der Waals surface area (Å²) >= 11 is 0. The van der Waals surface area contributed by atoms with Gasteiger partial charge in [-0.3, -0.25) is 9.59 Å². The summed E-state index contributed by atoms with van der Waals surface area (Å²) in [5.74, 6) is -0.388. The molecule has 1 fully saturated rings. The molecule has 1 amide bonds. The van der Waals surface area contributed by atoms with E-state index in [-0.39, 0.29) is 28.5 Å². The number of amides is 1. The standard InChI is InChI=1S/C32H35FN4O4/c1-19(2)40-14-12-34-28-25(33)17-23-29-31(28)41-27-16-21-8-5-4-7-20(21)15-26(27)37(29)18-24(30(23)38)32(39)35-11-10-22-9-6-13-36(22)3/h4-5,7-8,15-19,22,34H,6,9-14H2,1-3H3,(H,35,39). The maximum absolute atomic E-state index is 15.6. The van der Waals surface area contributed by atoms with Crippen LogP contribution in [0.2, 0.25) is 0 Å². The summed E-state index contributed by atoms with van der Waals surface area (Å²) in [5, 5.41) is 8.05. The van der Waals surface area contributed by atoms with Crippen LogP contribution in [-0.4, -0.2) is 60.8 Å². The molecule has 1 atom stereocenters. The van der Waals surface area contributed by atoms with Crippen LogP contribution in [0, 0.1) is 5.82 Å². The number of hydrogen-bond donors (Lipinski definition) is 2. The molecule has 0 spiro atoms. The molecule has 2 aliphatic heterocycles. The van der Waals surface area contributed by atoms with Crippen LogP contribution in [-0.2, 0) is 4.74 Å². The summed E-state index contributed by atoms with van der Waals surface area (Å²) in [6.45, 7) is 6.10. The second-order valence-corrected chi connectivity index (χ2v) is 11.1. The number of pyridine rings is 1. The number of ether oxygens (including phenoxy) is 2. The van der Waals surface area contributed by atoms with E-state index in [2.05, 4.69) is 22.6 Å². The average Bonchev–Trinajstić information content (AvgIpc) is 3.36. The Balaban J connectivity index is 1.43. The van der Waals surface area contributed by atoms with E-state index in [4.69, 9.17) is 9.47 Å². The van der Waals surface area contributed by atoms with E-state index in [9.17, 15) is 9.59 Å². The molecule has 2 aliphatic rings. The van der Waals surface area contributed by atoms with Gasteiger partial charge in [0.1, 0.15) is 16.8 Å². The van der Waals surface area contributed by atoms with Crippen molar-refractivity contribution < 1.29 is 18.7 Å². The molecular weight excluding hydrogens is 523 g/mol. The lowest BCUT2D eigenvalue weighted by Crippen LogP contribution is -2.34. The van der Waals surface area contributed by atoms with Gasteiger partial charge in [-0.25, -0.2) is 4.39 Å². The molecule has 6 rings (SSSR count). The fourth-order valence-corrected chi connectivity index (χ4v) is 5.89. The molecule has 8 nitrogen and oxygen atoms in total. The van der Waals surface area contributed by atoms with Crippen molar-refractivity contribution in [2.24, 2.45) is 0 Å². The molecule has 1 unspecified atom stereocenters. The molecule has 3 heterocycles. The first-order valence-electron chi connectivity index (χ1n) is 14.3. The number of carbonyl (C=O) groups excluding carboxylic acids is 1. The molecule has 1 saturated heterocycles. The summed E-state index contributed by atoms with van der Waals surface area (Å²) in [7, 11) is 2.09. The molecule has 4 aromatic rings. The Labute approximate surface area is 238 Å². The highest BCUT2D eigenvalue weighted by Gasteiger charge is 2.29. The fraction of sp³-hybridized carbons (Fsp3) is 0.375. The van der Waals surface area contributed by atoms with E-state index in [1.54, 1.807) is 10.8 Å². The van der Waals surface area contributed by atoms with Crippen LogP contribution in [0.4, 0.5) is 10.1 Å². The van der Waals surface area contributed by atoms with Crippen LogP contribution in [0.5, 0.6) is 11.5 Å². The van der Waals surface area contributed by atoms with Gasteiger partial charge >= 0.3 is 0 Å². The molecule has 0 bridgehead atoms. The maximum atomic E-state index is 15.6. The number of aromatic nitrogens is 1. The summed E-state index contributed by atoms with van der Waals surface area (Å²) in [4.78, 5) is 29.3. The van der Waals surface area contributed by atoms with Gasteiger partial charge in [0.2, 0.25) is 5.43 Å². The number of halogens is 1. The van der Waals surface area contributed by atoms with Crippen LogP contribution in [0.15, 0.2) is 53.5 Å². The van der Waals surface area contributed by atoms with E-state index in [1.807, 2.05) is 50.2 Å². The number of hydrogen-bond acceptors (Lipinski definition) is 6. The van der Waals surface area contributed by atoms with Gasteiger partial charge < -0.3 is 29.6 Å². The lowest BCUT2D eigenvalue weighted by atomic mass is 10.0. The van der Waals surface area contributed by atoms with Gasteiger partial charge in [0.15, 0.2) is 17.3 Å². The van der Waals surface area contributed by atoms with Crippen molar-refractivity contribution in [3.63, 3.8) is 0 Å². The predicted molar refractivity (Wildman–Crippen MR) is 159 cm³/mol. The largest absolute Gasteiger partial charge is 0.451 e. The number of fused-ring (bicyclic) bond motifs is 3. The molecule has 1 aromatic heterocycles. The molecular formula is C32H35FN4O4. The third-order valence-electron chi connectivity index (χ3n) is 8.03. The van der Waals surface area contributed by atoms with Crippen LogP contribution in [0.1, 0.15) is 43.5 Å². The lowest BCUT2D eigenvalue weighted by molar-refractivity contribution is 0.0870. The van der Waals surface area contributed by atoms with Crippen molar-refractivity contribution in [2.75, 3.05) is 38.6 Å². The van der Waals surface area contributed by atoms with Gasteiger partial charge in [0, 0.05) is 25.3 Å². The Morgan fingerprint density at radius 2 is 1.95 bits per heavy atom. The van der Waals surface area contributed by atoms with Gasteiger partial charge in [0.25, 0.3) is 5.91 Å². The predicted octanol–water partition coefficient (Wildman–Crippen LogP) is 5.44. The number of nitrogens with zero attached hydrogens (tertiary/aromatic N) is 2. The van der Waals surface area contributed by atoms with Crippen molar-refractivity contribution in [3.05, 3.63) is 70.3 Å². The Morgan fingerprint density at radius 1 is 1.17 bits per heavy atom. The number of likely N-dealkylation sites (tertiary alicyclic amines) is 1. The topological polar surface area (TPSA) is 84.8 Å². The monoisotopic (exact) mass is 558 g/mol. The summed E-state index contributed by atoms with van der Waals surface area (Å²) in [6.07, 6.45) is 4.66. The zero-order valence-corrected chi connectivity index (χ0v) is 23.6. The van der Waals surface area contributed by atoms with Crippen LogP contribution >= 0.6 is 0 Å². The van der Waals surface area contributed by atoms with Crippen LogP contribution in [0.25, 0.3) is 27.4 Å². The second-order valence-electron chi connectivity index (χ2n) is 11.1. The molecule has 9 heteroatoms. The zero-order chi connectivity index (χ0) is 28.7. The third kappa shape index (κ3) is 5.15. The van der Waals surface area contributed by atoms with Crippen LogP contribution in [0.3, 0.4) is 0 Å². The number of benzene rings is 3. The molecule has 2 N–H and O–H groups in total. The SMILES string of the molecule is CC(C)OCCNc1c(F)cc2c(=O)c(C(=O)NCCC3CCCN3C)cn3c2c1Oc1cc2ccccc2cc1-3. The Kier molecular flexibility index (Phi) is 7.40. The lowest BCUT2D eigenvalue weighted by Gasteiger charge is -2.27. The van der Waals surface area contributed by atoms with Crippen molar-refractivity contribution in [1.82, 2.24) is 14.8 Å². The Bertz CT molecular complexity index is 1700. The van der Waals surface area contributed by atoms with Gasteiger partial charge in [-0.15, -0.1) is 0 Å². The first-order valence-corrected chi connectivity index (χ1v) is 14.3. The van der Waals surface area contributed by atoms with Crippen molar-refractivity contribution in [2.45, 2.75) is 45.3 Å². The molecule has 41 heavy (non-hydrogen) atoms. The highest BCUT2D eigenvalue weighted by atomic mass is 19.1. The van der Waals surface area contributed by atoms with Crippen LogP contribution < -0.4 is 20.8 Å². The second kappa shape index (κ2) is 11.1. The van der Waals surface area contributed by atoms with Gasteiger partial charge in [0.05, 0.1) is 23.8 Å². The Morgan fingerprint density at radius 3 is 2.68 bits per heavy atom. The van der Waals surface area contributed by atoms with Crippen molar-refractivity contribution in [1.29, 1.82) is 0 Å². The molecule has 0 saturated carbocycles. The van der Waals surface area contributed by atoms with Crippen molar-refractivity contribution >= 4 is 33.3 Å². The minimum atomic E-state index is -0.633. The van der Waals surface area contributed by atoms with E-state index in [1.165, 1.54) is 6.07 Å².